The van der Waals surface area contributed by atoms with Crippen LogP contribution in [0.4, 0.5) is 13.2 Å². The molecule has 0 radical (unpaired) electrons. The number of nitrogens with one attached hydrogen (secondary N) is 1. The van der Waals surface area contributed by atoms with Crippen LogP contribution >= 0.6 is 0 Å². The van der Waals surface area contributed by atoms with Crippen LogP contribution in [0.3, 0.4) is 0 Å². The Morgan fingerprint density at radius 2 is 1.93 bits per heavy atom. The highest BCUT2D eigenvalue weighted by atomic mass is 19.4. The smallest absolute Gasteiger partial charge is 0.379 e. The molecule has 0 aliphatic heterocycles. The fraction of sp³-hybridized carbons (Fsp3) is 0.889. The second-order valence-electron chi connectivity index (χ2n) is 3.85. The molecule has 1 atom stereocenters. The highest BCUT2D eigenvalue weighted by Gasteiger charge is 2.30. The summed E-state index contributed by atoms with van der Waals surface area (Å²) >= 11 is 0. The number of rotatable bonds is 5. The zero-order valence-electron chi connectivity index (χ0n) is 8.98. The van der Waals surface area contributed by atoms with Crippen molar-refractivity contribution in [3.8, 4) is 6.07 Å². The molecule has 0 heterocycles. The third-order valence-electron chi connectivity index (χ3n) is 1.95. The molecule has 0 saturated carbocycles. The van der Waals surface area contributed by atoms with Gasteiger partial charge in [-0.05, 0) is 13.8 Å². The predicted molar refractivity (Wildman–Crippen MR) is 49.2 cm³/mol. The first kappa shape index (κ1) is 14.2. The number of nitriles is 1. The Bertz CT molecular complexity index is 232. The van der Waals surface area contributed by atoms with Crippen molar-refractivity contribution in [3.63, 3.8) is 0 Å². The Balaban J connectivity index is 4.12. The fourth-order valence-corrected chi connectivity index (χ4v) is 0.977. The second-order valence-corrected chi connectivity index (χ2v) is 3.85. The maximum Gasteiger partial charge on any atom is 0.401 e. The van der Waals surface area contributed by atoms with E-state index in [1.165, 1.54) is 7.11 Å². The number of ether oxygens (including phenoxy) is 1. The van der Waals surface area contributed by atoms with Crippen LogP contribution in [0.5, 0.6) is 0 Å². The summed E-state index contributed by atoms with van der Waals surface area (Å²) < 4.78 is 40.6. The fourth-order valence-electron chi connectivity index (χ4n) is 0.977. The number of alkyl halides is 3. The number of hydrogen-bond acceptors (Lipinski definition) is 3. The summed E-state index contributed by atoms with van der Waals surface area (Å²) in [6, 6.07) is 0.914. The van der Waals surface area contributed by atoms with Crippen LogP contribution in [-0.4, -0.2) is 31.5 Å². The topological polar surface area (TPSA) is 45.0 Å². The van der Waals surface area contributed by atoms with Gasteiger partial charge in [-0.2, -0.15) is 18.4 Å². The van der Waals surface area contributed by atoms with Crippen LogP contribution in [0.25, 0.3) is 0 Å². The minimum absolute atomic E-state index is 0.204. The van der Waals surface area contributed by atoms with Gasteiger partial charge in [0.15, 0.2) is 0 Å². The maximum atomic E-state index is 11.9. The van der Waals surface area contributed by atoms with Crippen molar-refractivity contribution in [2.45, 2.75) is 38.1 Å². The minimum atomic E-state index is -4.30. The van der Waals surface area contributed by atoms with Gasteiger partial charge in [0.05, 0.1) is 24.3 Å². The number of hydrogen-bond donors (Lipinski definition) is 1. The molecule has 6 heteroatoms. The van der Waals surface area contributed by atoms with E-state index < -0.39 is 24.4 Å². The van der Waals surface area contributed by atoms with Crippen molar-refractivity contribution >= 4 is 0 Å². The van der Waals surface area contributed by atoms with Gasteiger partial charge >= 0.3 is 6.18 Å². The summed E-state index contributed by atoms with van der Waals surface area (Å²) in [6.45, 7) is 2.27. The zero-order chi connectivity index (χ0) is 12.1. The van der Waals surface area contributed by atoms with E-state index in [1.807, 2.05) is 0 Å². The Morgan fingerprint density at radius 1 is 1.40 bits per heavy atom. The van der Waals surface area contributed by atoms with Gasteiger partial charge in [0.1, 0.15) is 0 Å². The lowest BCUT2D eigenvalue weighted by molar-refractivity contribution is -0.126. The molecule has 0 saturated heterocycles. The number of halogens is 3. The summed E-state index contributed by atoms with van der Waals surface area (Å²) in [5.74, 6) is 0. The van der Waals surface area contributed by atoms with E-state index in [1.54, 1.807) is 19.9 Å². The van der Waals surface area contributed by atoms with Gasteiger partial charge in [-0.15, -0.1) is 0 Å². The molecule has 0 aliphatic carbocycles. The molecule has 0 amide bonds. The van der Waals surface area contributed by atoms with Crippen molar-refractivity contribution in [2.75, 3.05) is 13.7 Å². The quantitative estimate of drug-likeness (QED) is 0.775. The SMILES string of the molecule is COC(C)(C)CC(C#N)NCC(F)(F)F. The lowest BCUT2D eigenvalue weighted by atomic mass is 9.99. The van der Waals surface area contributed by atoms with E-state index in [0.29, 0.717) is 0 Å². The molecule has 0 aliphatic rings. The van der Waals surface area contributed by atoms with Crippen molar-refractivity contribution in [3.05, 3.63) is 0 Å². The van der Waals surface area contributed by atoms with Crippen molar-refractivity contribution in [1.29, 1.82) is 5.26 Å². The minimum Gasteiger partial charge on any atom is -0.379 e. The van der Waals surface area contributed by atoms with Crippen LogP contribution in [0.15, 0.2) is 0 Å². The van der Waals surface area contributed by atoms with Gasteiger partial charge in [0.2, 0.25) is 0 Å². The van der Waals surface area contributed by atoms with Crippen molar-refractivity contribution < 1.29 is 17.9 Å². The van der Waals surface area contributed by atoms with Gasteiger partial charge in [0, 0.05) is 13.5 Å². The summed E-state index contributed by atoms with van der Waals surface area (Å²) in [4.78, 5) is 0. The molecule has 15 heavy (non-hydrogen) atoms. The summed E-state index contributed by atoms with van der Waals surface area (Å²) in [5.41, 5.74) is -0.612. The van der Waals surface area contributed by atoms with Crippen molar-refractivity contribution in [1.82, 2.24) is 5.32 Å². The van der Waals surface area contributed by atoms with Crippen molar-refractivity contribution in [2.24, 2.45) is 0 Å². The van der Waals surface area contributed by atoms with Crippen LogP contribution in [-0.2, 0) is 4.74 Å². The van der Waals surface area contributed by atoms with Gasteiger partial charge < -0.3 is 4.74 Å². The molecule has 1 N–H and O–H groups in total. The second kappa shape index (κ2) is 5.33. The van der Waals surface area contributed by atoms with Gasteiger partial charge in [-0.3, -0.25) is 5.32 Å². The van der Waals surface area contributed by atoms with Crippen LogP contribution in [0, 0.1) is 11.3 Å². The molecule has 0 rings (SSSR count). The predicted octanol–water partition coefficient (Wildman–Crippen LogP) is 1.85. The third-order valence-corrected chi connectivity index (χ3v) is 1.95. The molecule has 0 fully saturated rings. The molecule has 0 spiro atoms. The summed E-state index contributed by atoms with van der Waals surface area (Å²) in [7, 11) is 1.46. The van der Waals surface area contributed by atoms with Crippen LogP contribution < -0.4 is 5.32 Å². The molecule has 0 aromatic rings. The third kappa shape index (κ3) is 7.17. The lowest BCUT2D eigenvalue weighted by Gasteiger charge is -2.25. The zero-order valence-corrected chi connectivity index (χ0v) is 8.98. The van der Waals surface area contributed by atoms with Gasteiger partial charge in [0.25, 0.3) is 0 Å². The largest absolute Gasteiger partial charge is 0.401 e. The first-order valence-corrected chi connectivity index (χ1v) is 4.45. The highest BCUT2D eigenvalue weighted by Crippen LogP contribution is 2.17. The van der Waals surface area contributed by atoms with E-state index >= 15 is 0 Å². The van der Waals surface area contributed by atoms with Crippen LogP contribution in [0.2, 0.25) is 0 Å². The molecule has 0 bridgehead atoms. The Morgan fingerprint density at radius 3 is 2.27 bits per heavy atom. The molecular formula is C9H15F3N2O. The summed E-state index contributed by atoms with van der Waals surface area (Å²) in [6.07, 6.45) is -4.09. The first-order chi connectivity index (χ1) is 6.70. The Labute approximate surface area is 87.2 Å². The molecule has 88 valence electrons. The Hall–Kier alpha value is -0.800. The molecule has 3 nitrogen and oxygen atoms in total. The lowest BCUT2D eigenvalue weighted by Crippen LogP contribution is -2.41. The van der Waals surface area contributed by atoms with Gasteiger partial charge in [-0.25, -0.2) is 0 Å². The number of nitrogens with zero attached hydrogens (tertiary/aromatic N) is 1. The monoisotopic (exact) mass is 224 g/mol. The van der Waals surface area contributed by atoms with E-state index in [-0.39, 0.29) is 6.42 Å². The van der Waals surface area contributed by atoms with E-state index in [9.17, 15) is 13.2 Å². The standard InChI is InChI=1S/C9H15F3N2O/c1-8(2,15-3)4-7(5-13)14-6-9(10,11)12/h7,14H,4,6H2,1-3H3. The van der Waals surface area contributed by atoms with Gasteiger partial charge in [-0.1, -0.05) is 0 Å². The maximum absolute atomic E-state index is 11.9. The molecule has 1 unspecified atom stereocenters. The average Bonchev–Trinajstić information content (AvgIpc) is 2.11. The van der Waals surface area contributed by atoms with E-state index in [2.05, 4.69) is 5.32 Å². The van der Waals surface area contributed by atoms with Crippen LogP contribution in [0.1, 0.15) is 20.3 Å². The molecular weight excluding hydrogens is 209 g/mol. The molecule has 0 aromatic carbocycles. The van der Waals surface area contributed by atoms with E-state index in [0.717, 1.165) is 0 Å². The highest BCUT2D eigenvalue weighted by molar-refractivity contribution is 4.94. The summed E-state index contributed by atoms with van der Waals surface area (Å²) in [5, 5.41) is 10.8. The molecule has 0 aromatic heterocycles. The average molecular weight is 224 g/mol. The first-order valence-electron chi connectivity index (χ1n) is 4.45. The number of methoxy groups -OCH3 is 1. The Kier molecular flexibility index (Phi) is 5.05. The normalized spacial score (nSPS) is 14.7. The van der Waals surface area contributed by atoms with E-state index in [4.69, 9.17) is 10.00 Å².